The van der Waals surface area contributed by atoms with E-state index in [2.05, 4.69) is 5.10 Å². The summed E-state index contributed by atoms with van der Waals surface area (Å²) in [5, 5.41) is 4.02. The smallest absolute Gasteiger partial charge is 0.205 e. The number of hydrogen-bond acceptors (Lipinski definition) is 3. The maximum atomic E-state index is 13.7. The van der Waals surface area contributed by atoms with Gasteiger partial charge in [-0.3, -0.25) is 4.79 Å². The first-order chi connectivity index (χ1) is 8.90. The second-order valence-electron chi connectivity index (χ2n) is 4.33. The summed E-state index contributed by atoms with van der Waals surface area (Å²) in [5.41, 5.74) is 5.77. The third-order valence-corrected chi connectivity index (χ3v) is 2.70. The van der Waals surface area contributed by atoms with Gasteiger partial charge < -0.3 is 5.73 Å². The van der Waals surface area contributed by atoms with E-state index in [0.717, 1.165) is 18.2 Å². The number of nitrogens with two attached hydrogens (primary N) is 1. The molecule has 0 aliphatic rings. The molecule has 0 spiro atoms. The zero-order chi connectivity index (χ0) is 14.2. The first-order valence-corrected chi connectivity index (χ1v) is 5.72. The van der Waals surface area contributed by atoms with Crippen LogP contribution in [-0.2, 0) is 0 Å². The van der Waals surface area contributed by atoms with E-state index in [0.29, 0.717) is 5.69 Å². The zero-order valence-electron chi connectivity index (χ0n) is 10.5. The van der Waals surface area contributed by atoms with Crippen LogP contribution in [0.5, 0.6) is 0 Å². The Labute approximate surface area is 108 Å². The number of benzene rings is 1. The Morgan fingerprint density at radius 2 is 2.00 bits per heavy atom. The van der Waals surface area contributed by atoms with Gasteiger partial charge >= 0.3 is 0 Å². The molecule has 100 valence electrons. The molecule has 6 heteroatoms. The lowest BCUT2D eigenvalue weighted by atomic mass is 10.2. The van der Waals surface area contributed by atoms with Gasteiger partial charge in [-0.2, -0.15) is 5.10 Å². The van der Waals surface area contributed by atoms with Crippen molar-refractivity contribution in [2.75, 3.05) is 0 Å². The minimum Gasteiger partial charge on any atom is -0.323 e. The highest BCUT2D eigenvalue weighted by Crippen LogP contribution is 2.16. The topological polar surface area (TPSA) is 60.9 Å². The zero-order valence-corrected chi connectivity index (χ0v) is 10.5. The van der Waals surface area contributed by atoms with Crippen LogP contribution in [0, 0.1) is 18.6 Å². The molecule has 0 radical (unpaired) electrons. The predicted octanol–water partition coefficient (Wildman–Crippen LogP) is 1.84. The van der Waals surface area contributed by atoms with E-state index in [4.69, 9.17) is 5.73 Å². The van der Waals surface area contributed by atoms with Crippen molar-refractivity contribution in [2.45, 2.75) is 19.9 Å². The molecular weight excluding hydrogens is 252 g/mol. The van der Waals surface area contributed by atoms with Gasteiger partial charge in [0.15, 0.2) is 0 Å². The molecule has 1 unspecified atom stereocenters. The maximum Gasteiger partial charge on any atom is 0.205 e. The second-order valence-corrected chi connectivity index (χ2v) is 4.33. The fourth-order valence-electron chi connectivity index (χ4n) is 1.77. The lowest BCUT2D eigenvalue weighted by molar-refractivity contribution is 0.577. The van der Waals surface area contributed by atoms with Gasteiger partial charge in [0.25, 0.3) is 0 Å². The molecule has 0 aliphatic carbocycles. The van der Waals surface area contributed by atoms with Crippen LogP contribution < -0.4 is 11.2 Å². The molecule has 0 bridgehead atoms. The summed E-state index contributed by atoms with van der Waals surface area (Å²) in [5.74, 6) is -1.21. The summed E-state index contributed by atoms with van der Waals surface area (Å²) in [4.78, 5) is 11.7. The molecule has 0 saturated carbocycles. The van der Waals surface area contributed by atoms with Crippen molar-refractivity contribution in [3.63, 3.8) is 0 Å². The maximum absolute atomic E-state index is 13.7. The Bertz CT molecular complexity index is 680. The van der Waals surface area contributed by atoms with E-state index in [9.17, 15) is 13.6 Å². The summed E-state index contributed by atoms with van der Waals surface area (Å²) in [6.45, 7) is 3.19. The van der Waals surface area contributed by atoms with Gasteiger partial charge in [-0.1, -0.05) is 0 Å². The average Bonchev–Trinajstić information content (AvgIpc) is 2.32. The van der Waals surface area contributed by atoms with Crippen LogP contribution >= 0.6 is 0 Å². The molecule has 0 fully saturated rings. The lowest BCUT2D eigenvalue weighted by Crippen LogP contribution is -2.24. The highest BCUT2D eigenvalue weighted by Gasteiger charge is 2.13. The van der Waals surface area contributed by atoms with E-state index < -0.39 is 17.7 Å². The van der Waals surface area contributed by atoms with E-state index in [-0.39, 0.29) is 16.8 Å². The summed E-state index contributed by atoms with van der Waals surface area (Å²) < 4.78 is 28.1. The van der Waals surface area contributed by atoms with Crippen LogP contribution in [0.4, 0.5) is 8.78 Å². The SMILES string of the molecule is Cc1cc(=O)c(C(C)N)nn1-c1cc(F)ccc1F. The molecule has 2 rings (SSSR count). The van der Waals surface area contributed by atoms with Crippen molar-refractivity contribution in [1.29, 1.82) is 0 Å². The van der Waals surface area contributed by atoms with Crippen molar-refractivity contribution in [1.82, 2.24) is 9.78 Å². The number of nitrogens with zero attached hydrogens (tertiary/aromatic N) is 2. The van der Waals surface area contributed by atoms with Crippen molar-refractivity contribution >= 4 is 0 Å². The Morgan fingerprint density at radius 3 is 2.63 bits per heavy atom. The summed E-state index contributed by atoms with van der Waals surface area (Å²) >= 11 is 0. The Morgan fingerprint density at radius 1 is 1.32 bits per heavy atom. The van der Waals surface area contributed by atoms with Crippen molar-refractivity contribution in [3.8, 4) is 5.69 Å². The fraction of sp³-hybridized carbons (Fsp3) is 0.231. The van der Waals surface area contributed by atoms with Crippen LogP contribution in [0.1, 0.15) is 24.4 Å². The van der Waals surface area contributed by atoms with E-state index in [1.807, 2.05) is 0 Å². The van der Waals surface area contributed by atoms with E-state index in [1.165, 1.54) is 10.7 Å². The predicted molar refractivity (Wildman–Crippen MR) is 67.1 cm³/mol. The molecule has 1 atom stereocenters. The van der Waals surface area contributed by atoms with Gasteiger partial charge in [-0.25, -0.2) is 13.5 Å². The quantitative estimate of drug-likeness (QED) is 0.901. The molecule has 1 aromatic heterocycles. The third-order valence-electron chi connectivity index (χ3n) is 2.70. The van der Waals surface area contributed by atoms with Gasteiger partial charge in [-0.15, -0.1) is 0 Å². The highest BCUT2D eigenvalue weighted by atomic mass is 19.1. The lowest BCUT2D eigenvalue weighted by Gasteiger charge is -2.13. The molecular formula is C13H13F2N3O. The van der Waals surface area contributed by atoms with Crippen LogP contribution in [-0.4, -0.2) is 9.78 Å². The minimum absolute atomic E-state index is 0.0561. The number of halogens is 2. The Hall–Kier alpha value is -2.08. The normalized spacial score (nSPS) is 12.5. The Balaban J connectivity index is 2.71. The van der Waals surface area contributed by atoms with Gasteiger partial charge in [-0.05, 0) is 26.0 Å². The second kappa shape index (κ2) is 4.89. The molecule has 0 amide bonds. The van der Waals surface area contributed by atoms with Crippen molar-refractivity contribution in [2.24, 2.45) is 5.73 Å². The fourth-order valence-corrected chi connectivity index (χ4v) is 1.77. The van der Waals surface area contributed by atoms with Crippen molar-refractivity contribution < 1.29 is 8.78 Å². The molecule has 19 heavy (non-hydrogen) atoms. The van der Waals surface area contributed by atoms with Gasteiger partial charge in [0.2, 0.25) is 5.43 Å². The van der Waals surface area contributed by atoms with Crippen LogP contribution in [0.25, 0.3) is 5.69 Å². The number of hydrogen-bond donors (Lipinski definition) is 1. The minimum atomic E-state index is -0.628. The monoisotopic (exact) mass is 265 g/mol. The molecule has 2 N–H and O–H groups in total. The largest absolute Gasteiger partial charge is 0.323 e. The highest BCUT2D eigenvalue weighted by molar-refractivity contribution is 5.35. The molecule has 0 saturated heterocycles. The first-order valence-electron chi connectivity index (χ1n) is 5.72. The van der Waals surface area contributed by atoms with Crippen LogP contribution in [0.15, 0.2) is 29.1 Å². The van der Waals surface area contributed by atoms with E-state index >= 15 is 0 Å². The summed E-state index contributed by atoms with van der Waals surface area (Å²) in [7, 11) is 0. The third kappa shape index (κ3) is 2.53. The number of rotatable bonds is 2. The molecule has 1 heterocycles. The number of aromatic nitrogens is 2. The molecule has 2 aromatic rings. The van der Waals surface area contributed by atoms with Gasteiger partial charge in [0.1, 0.15) is 23.0 Å². The Kier molecular flexibility index (Phi) is 3.44. The van der Waals surface area contributed by atoms with Gasteiger partial charge in [0, 0.05) is 23.9 Å². The molecule has 0 aliphatic heterocycles. The first kappa shape index (κ1) is 13.4. The molecule has 1 aromatic carbocycles. The molecule has 4 nitrogen and oxygen atoms in total. The average molecular weight is 265 g/mol. The summed E-state index contributed by atoms with van der Waals surface area (Å²) in [6.07, 6.45) is 0. The number of aryl methyl sites for hydroxylation is 1. The summed E-state index contributed by atoms with van der Waals surface area (Å²) in [6, 6.07) is 3.76. The van der Waals surface area contributed by atoms with Crippen molar-refractivity contribution in [3.05, 3.63) is 57.5 Å². The van der Waals surface area contributed by atoms with Gasteiger partial charge in [0.05, 0.1) is 0 Å². The van der Waals surface area contributed by atoms with Crippen LogP contribution in [0.3, 0.4) is 0 Å². The standard InChI is InChI=1S/C13H13F2N3O/c1-7-5-12(19)13(8(2)16)17-18(7)11-6-9(14)3-4-10(11)15/h3-6,8H,16H2,1-2H3. The van der Waals surface area contributed by atoms with Crippen LogP contribution in [0.2, 0.25) is 0 Å². The van der Waals surface area contributed by atoms with E-state index in [1.54, 1.807) is 13.8 Å².